The standard InChI is InChI=1S/C52H76N10O8/c1-9-17-40(58-44(63)31(2)53-7)49(68)62-30-37(28-42(62)50(69)60-24-13-10-14-25-60)56-47(66)35-21-15-20-34(26-35)46(65)55-36-27-41(48(67)57-39-23-16-19-33-18-11-12-22-38(33)39)61(29-36)51(70)43(52(4,5)6)59-45(64)32(3)54-8/h11-12,15,18,20-22,26,31-32,36-37,39-43,53-54H,9-10,13-14,16-17,19,23-25,27-30H2,1-8H3,(H,55,65)(H,56,66)(H,57,67)(H,58,63)(H,59,64)/t31-,32-,36-,37-,39+,40-,41-,42-,43+/m0/s1. The molecule has 4 aliphatic rings. The van der Waals surface area contributed by atoms with Gasteiger partial charge in [0.1, 0.15) is 24.2 Å². The quantitative estimate of drug-likeness (QED) is 0.122. The molecule has 0 saturated carbocycles. The predicted molar refractivity (Wildman–Crippen MR) is 265 cm³/mol. The van der Waals surface area contributed by atoms with Crippen LogP contribution < -0.4 is 37.2 Å². The van der Waals surface area contributed by atoms with E-state index < -0.39 is 71.5 Å². The highest BCUT2D eigenvalue weighted by atomic mass is 16.2. The van der Waals surface area contributed by atoms with Gasteiger partial charge in [0, 0.05) is 49.4 Å². The average molecular weight is 969 g/mol. The van der Waals surface area contributed by atoms with Crippen LogP contribution in [0.15, 0.2) is 48.5 Å². The lowest BCUT2D eigenvalue weighted by Crippen LogP contribution is -2.59. The van der Waals surface area contributed by atoms with Crippen molar-refractivity contribution in [2.45, 2.75) is 160 Å². The number of likely N-dealkylation sites (N-methyl/N-ethyl adjacent to an activating group) is 2. The van der Waals surface area contributed by atoms with Gasteiger partial charge >= 0.3 is 0 Å². The third-order valence-corrected chi connectivity index (χ3v) is 14.4. The average Bonchev–Trinajstić information content (AvgIpc) is 3.98. The lowest BCUT2D eigenvalue weighted by atomic mass is 9.85. The minimum absolute atomic E-state index is 0.000347. The molecule has 18 heteroatoms. The molecule has 0 radical (unpaired) electrons. The van der Waals surface area contributed by atoms with Crippen molar-refractivity contribution < 1.29 is 38.4 Å². The Morgan fingerprint density at radius 2 is 1.26 bits per heavy atom. The highest BCUT2D eigenvalue weighted by molar-refractivity contribution is 6.01. The van der Waals surface area contributed by atoms with Crippen LogP contribution in [-0.2, 0) is 35.2 Å². The van der Waals surface area contributed by atoms with Crippen molar-refractivity contribution in [2.24, 2.45) is 5.41 Å². The second-order valence-corrected chi connectivity index (χ2v) is 20.6. The Morgan fingerprint density at radius 1 is 0.686 bits per heavy atom. The third-order valence-electron chi connectivity index (χ3n) is 14.4. The minimum atomic E-state index is -0.986. The first-order chi connectivity index (χ1) is 33.3. The normalized spacial score (nSPS) is 23.0. The van der Waals surface area contributed by atoms with Crippen LogP contribution in [0.2, 0.25) is 0 Å². The maximum Gasteiger partial charge on any atom is 0.251 e. The molecule has 8 amide bonds. The van der Waals surface area contributed by atoms with Gasteiger partial charge in [0.05, 0.1) is 18.1 Å². The van der Waals surface area contributed by atoms with E-state index in [1.54, 1.807) is 51.0 Å². The van der Waals surface area contributed by atoms with Gasteiger partial charge in [-0.2, -0.15) is 0 Å². The zero-order chi connectivity index (χ0) is 50.9. The molecule has 0 spiro atoms. The topological polar surface area (TPSA) is 230 Å². The number of carbonyl (C=O) groups excluding carboxylic acids is 8. The molecule has 382 valence electrons. The Morgan fingerprint density at radius 3 is 1.84 bits per heavy atom. The number of nitrogens with zero attached hydrogens (tertiary/aromatic N) is 3. The van der Waals surface area contributed by atoms with Crippen LogP contribution in [0.1, 0.15) is 137 Å². The summed E-state index contributed by atoms with van der Waals surface area (Å²) in [5, 5.41) is 20.8. The summed E-state index contributed by atoms with van der Waals surface area (Å²) in [7, 11) is 3.31. The smallest absolute Gasteiger partial charge is 0.251 e. The van der Waals surface area contributed by atoms with Gasteiger partial charge in [0.25, 0.3) is 11.8 Å². The van der Waals surface area contributed by atoms with Crippen molar-refractivity contribution in [1.82, 2.24) is 51.9 Å². The Labute approximate surface area is 412 Å². The maximum absolute atomic E-state index is 14.6. The first-order valence-corrected chi connectivity index (χ1v) is 25.3. The summed E-state index contributed by atoms with van der Waals surface area (Å²) in [5.74, 6) is -3.06. The fraction of sp³-hybridized carbons (Fsp3) is 0.615. The number of piperidine rings is 1. The second-order valence-electron chi connectivity index (χ2n) is 20.6. The molecule has 9 atom stereocenters. The Bertz CT molecular complexity index is 2240. The van der Waals surface area contributed by atoms with Crippen molar-refractivity contribution in [1.29, 1.82) is 0 Å². The molecule has 3 saturated heterocycles. The lowest BCUT2D eigenvalue weighted by Gasteiger charge is -2.36. The van der Waals surface area contributed by atoms with Gasteiger partial charge in [-0.1, -0.05) is 64.4 Å². The Hall–Kier alpha value is -5.88. The van der Waals surface area contributed by atoms with E-state index >= 15 is 0 Å². The number of aryl methyl sites for hydroxylation is 1. The molecule has 70 heavy (non-hydrogen) atoms. The molecule has 3 fully saturated rings. The van der Waals surface area contributed by atoms with Crippen LogP contribution in [0, 0.1) is 5.41 Å². The fourth-order valence-electron chi connectivity index (χ4n) is 10.1. The van der Waals surface area contributed by atoms with Crippen molar-refractivity contribution in [3.05, 3.63) is 70.8 Å². The van der Waals surface area contributed by atoms with E-state index in [-0.39, 0.29) is 72.6 Å². The number of nitrogens with one attached hydrogen (secondary N) is 7. The molecule has 2 aromatic carbocycles. The minimum Gasteiger partial charge on any atom is -0.347 e. The lowest BCUT2D eigenvalue weighted by molar-refractivity contribution is -0.146. The van der Waals surface area contributed by atoms with Crippen LogP contribution in [0.5, 0.6) is 0 Å². The molecule has 1 aliphatic carbocycles. The molecule has 18 nitrogen and oxygen atoms in total. The molecule has 0 bridgehead atoms. The first-order valence-electron chi connectivity index (χ1n) is 25.3. The van der Waals surface area contributed by atoms with Crippen LogP contribution in [0.4, 0.5) is 0 Å². The fourth-order valence-corrected chi connectivity index (χ4v) is 10.1. The number of hydrogen-bond acceptors (Lipinski definition) is 10. The van der Waals surface area contributed by atoms with Gasteiger partial charge in [-0.25, -0.2) is 0 Å². The summed E-state index contributed by atoms with van der Waals surface area (Å²) in [4.78, 5) is 116. The van der Waals surface area contributed by atoms with E-state index in [0.717, 1.165) is 44.1 Å². The summed E-state index contributed by atoms with van der Waals surface area (Å²) >= 11 is 0. The molecule has 0 unspecified atom stereocenters. The Balaban J connectivity index is 1.18. The molecular weight excluding hydrogens is 893 g/mol. The number of benzene rings is 2. The van der Waals surface area contributed by atoms with E-state index in [0.29, 0.717) is 25.9 Å². The van der Waals surface area contributed by atoms with E-state index in [4.69, 9.17) is 0 Å². The maximum atomic E-state index is 14.6. The zero-order valence-electron chi connectivity index (χ0n) is 42.3. The number of fused-ring (bicyclic) bond motifs is 1. The van der Waals surface area contributed by atoms with Crippen molar-refractivity contribution >= 4 is 47.3 Å². The summed E-state index contributed by atoms with van der Waals surface area (Å²) in [6, 6.07) is 7.95. The third kappa shape index (κ3) is 12.9. The largest absolute Gasteiger partial charge is 0.347 e. The van der Waals surface area contributed by atoms with Gasteiger partial charge in [0.15, 0.2) is 0 Å². The second kappa shape index (κ2) is 23.8. The van der Waals surface area contributed by atoms with Crippen molar-refractivity contribution in [3.8, 4) is 0 Å². The summed E-state index contributed by atoms with van der Waals surface area (Å²) in [6.45, 7) is 12.1. The number of rotatable bonds is 17. The number of likely N-dealkylation sites (tertiary alicyclic amines) is 3. The van der Waals surface area contributed by atoms with E-state index in [2.05, 4.69) is 43.3 Å². The van der Waals surface area contributed by atoms with Gasteiger partial charge in [0.2, 0.25) is 35.4 Å². The number of amides is 8. The van der Waals surface area contributed by atoms with Gasteiger partial charge in [-0.15, -0.1) is 0 Å². The molecule has 3 aliphatic heterocycles. The van der Waals surface area contributed by atoms with Crippen LogP contribution >= 0.6 is 0 Å². The van der Waals surface area contributed by atoms with E-state index in [1.165, 1.54) is 21.4 Å². The highest BCUT2D eigenvalue weighted by Gasteiger charge is 2.47. The van der Waals surface area contributed by atoms with Crippen LogP contribution in [-0.4, -0.2) is 151 Å². The molecule has 3 heterocycles. The zero-order valence-corrected chi connectivity index (χ0v) is 42.3. The summed E-state index contributed by atoms with van der Waals surface area (Å²) in [6.07, 6.45) is 6.56. The summed E-state index contributed by atoms with van der Waals surface area (Å²) < 4.78 is 0. The molecular formula is C52H76N10O8. The monoisotopic (exact) mass is 969 g/mol. The van der Waals surface area contributed by atoms with Crippen LogP contribution in [0.25, 0.3) is 0 Å². The molecule has 7 N–H and O–H groups in total. The SMILES string of the molecule is CCC[C@H](NC(=O)[C@H](C)NC)C(=O)N1C[C@@H](NC(=O)c2cccc(C(=O)N[C@H]3C[C@@H](C(=O)N[C@@H]4CCCc5ccccc54)N(C(=O)[C@@H](NC(=O)[C@H](C)NC)C(C)(C)C)C3)c2)C[C@H]1C(=O)N1CCCCC1. The molecule has 6 rings (SSSR count). The van der Waals surface area contributed by atoms with E-state index in [1.807, 2.05) is 45.9 Å². The Kier molecular flexibility index (Phi) is 18.2. The highest BCUT2D eigenvalue weighted by Crippen LogP contribution is 2.32. The van der Waals surface area contributed by atoms with Crippen molar-refractivity contribution in [3.63, 3.8) is 0 Å². The van der Waals surface area contributed by atoms with E-state index in [9.17, 15) is 38.4 Å². The van der Waals surface area contributed by atoms with Gasteiger partial charge in [-0.3, -0.25) is 38.4 Å². The first kappa shape index (κ1) is 53.5. The molecule has 0 aromatic heterocycles. The molecule has 2 aromatic rings. The predicted octanol–water partition coefficient (Wildman–Crippen LogP) is 2.32. The van der Waals surface area contributed by atoms with Gasteiger partial charge in [-0.05, 0) is 120 Å². The number of carbonyl (C=O) groups is 8. The van der Waals surface area contributed by atoms with Crippen LogP contribution in [0.3, 0.4) is 0 Å². The van der Waals surface area contributed by atoms with Gasteiger partial charge < -0.3 is 51.9 Å². The van der Waals surface area contributed by atoms with Crippen molar-refractivity contribution in [2.75, 3.05) is 40.3 Å². The summed E-state index contributed by atoms with van der Waals surface area (Å²) in [5.41, 5.74) is 1.83. The number of hydrogen-bond donors (Lipinski definition) is 7.